The Labute approximate surface area is 68.6 Å². The highest BCUT2D eigenvalue weighted by molar-refractivity contribution is 14.1. The third-order valence-corrected chi connectivity index (χ3v) is 2.80. The SMILES string of the molecule is In1ccc2c1CCC2. The van der Waals surface area contributed by atoms with Gasteiger partial charge in [-0.1, -0.05) is 0 Å². The summed E-state index contributed by atoms with van der Waals surface area (Å²) < 4.78 is 2.21. The van der Waals surface area contributed by atoms with Gasteiger partial charge in [-0.15, -0.1) is 0 Å². The Hall–Kier alpha value is 0.0100. The summed E-state index contributed by atoms with van der Waals surface area (Å²) in [4.78, 5) is 0. The van der Waals surface area contributed by atoms with E-state index in [0.29, 0.717) is 0 Å². The molecule has 1 heterocycles. The molecule has 2 heteroatoms. The molecular weight excluding hydrogens is 225 g/mol. The van der Waals surface area contributed by atoms with Crippen molar-refractivity contribution in [2.24, 2.45) is 0 Å². The number of rotatable bonds is 0. The van der Waals surface area contributed by atoms with Gasteiger partial charge in [0.05, 0.1) is 22.9 Å². The van der Waals surface area contributed by atoms with Crippen molar-refractivity contribution in [2.45, 2.75) is 19.3 Å². The first-order valence-corrected chi connectivity index (χ1v) is 4.19. The van der Waals surface area contributed by atoms with E-state index in [1.54, 1.807) is 5.56 Å². The number of hydrogen-bond acceptors (Lipinski definition) is 0. The van der Waals surface area contributed by atoms with Gasteiger partial charge >= 0.3 is 0 Å². The molecule has 0 amide bonds. The van der Waals surface area contributed by atoms with Crippen molar-refractivity contribution in [2.75, 3.05) is 0 Å². The predicted octanol–water partition coefficient (Wildman–Crippen LogP) is 2.17. The lowest BCUT2D eigenvalue weighted by molar-refractivity contribution is 0.890. The van der Waals surface area contributed by atoms with Crippen LogP contribution in [-0.4, -0.2) is 2.78 Å². The van der Waals surface area contributed by atoms with Gasteiger partial charge in [-0.2, -0.15) is 0 Å². The summed E-state index contributed by atoms with van der Waals surface area (Å²) in [6.45, 7) is 0. The predicted molar refractivity (Wildman–Crippen MR) is 45.9 cm³/mol. The third-order valence-electron chi connectivity index (χ3n) is 1.89. The smallest absolute Gasteiger partial charge is 0.0637 e. The number of nitrogens with zero attached hydrogens (tertiary/aromatic N) is 1. The summed E-state index contributed by atoms with van der Waals surface area (Å²) in [6, 6.07) is 2.23. The second-order valence-corrected chi connectivity index (χ2v) is 3.49. The maximum absolute atomic E-state index is 2.34. The number of hydrogen-bond donors (Lipinski definition) is 0. The topological polar surface area (TPSA) is 4.93 Å². The molecule has 1 aliphatic rings. The highest BCUT2D eigenvalue weighted by Gasteiger charge is 2.12. The molecule has 9 heavy (non-hydrogen) atoms. The second-order valence-electron chi connectivity index (χ2n) is 2.45. The first kappa shape index (κ1) is 5.77. The summed E-state index contributed by atoms with van der Waals surface area (Å²) in [5.41, 5.74) is 3.10. The van der Waals surface area contributed by atoms with E-state index in [-0.39, 0.29) is 0 Å². The number of aryl methyl sites for hydroxylation is 1. The van der Waals surface area contributed by atoms with Crippen molar-refractivity contribution in [3.05, 3.63) is 23.5 Å². The van der Waals surface area contributed by atoms with Gasteiger partial charge in [-0.25, -0.2) is 0 Å². The van der Waals surface area contributed by atoms with Crippen LogP contribution in [0.1, 0.15) is 17.7 Å². The lowest BCUT2D eigenvalue weighted by Gasteiger charge is -1.92. The fourth-order valence-electron chi connectivity index (χ4n) is 1.42. The lowest BCUT2D eigenvalue weighted by atomic mass is 10.3. The molecule has 2 rings (SSSR count). The van der Waals surface area contributed by atoms with Crippen LogP contribution in [0.3, 0.4) is 0 Å². The van der Waals surface area contributed by atoms with Crippen LogP contribution in [0.15, 0.2) is 12.3 Å². The number of aromatic nitrogens is 1. The first-order valence-electron chi connectivity index (χ1n) is 3.23. The second kappa shape index (κ2) is 2.01. The molecule has 0 bridgehead atoms. The van der Waals surface area contributed by atoms with Crippen LogP contribution in [0.25, 0.3) is 0 Å². The van der Waals surface area contributed by atoms with Crippen LogP contribution in [0.2, 0.25) is 0 Å². The van der Waals surface area contributed by atoms with E-state index in [2.05, 4.69) is 37.9 Å². The van der Waals surface area contributed by atoms with Crippen LogP contribution >= 0.6 is 22.9 Å². The molecule has 0 fully saturated rings. The molecule has 0 unspecified atom stereocenters. The average Bonchev–Trinajstić information content (AvgIpc) is 2.35. The minimum absolute atomic E-state index is 1.28. The quantitative estimate of drug-likeness (QED) is 0.605. The van der Waals surface area contributed by atoms with Gasteiger partial charge in [-0.3, -0.25) is 2.78 Å². The molecule has 0 spiro atoms. The number of halogens is 1. The summed E-state index contributed by atoms with van der Waals surface area (Å²) in [6.07, 6.45) is 6.08. The number of fused-ring (bicyclic) bond motifs is 1. The molecule has 1 nitrogen and oxygen atoms in total. The van der Waals surface area contributed by atoms with Crippen molar-refractivity contribution < 1.29 is 0 Å². The van der Waals surface area contributed by atoms with Gasteiger partial charge in [0.15, 0.2) is 0 Å². The van der Waals surface area contributed by atoms with Crippen molar-refractivity contribution in [3.63, 3.8) is 0 Å². The zero-order valence-corrected chi connectivity index (χ0v) is 7.26. The Morgan fingerprint density at radius 2 is 2.33 bits per heavy atom. The lowest BCUT2D eigenvalue weighted by Crippen LogP contribution is -1.83. The van der Waals surface area contributed by atoms with Crippen molar-refractivity contribution in [1.82, 2.24) is 2.78 Å². The van der Waals surface area contributed by atoms with Crippen molar-refractivity contribution in [3.8, 4) is 0 Å². The molecule has 0 saturated carbocycles. The van der Waals surface area contributed by atoms with E-state index in [1.165, 1.54) is 25.0 Å². The molecule has 0 saturated heterocycles. The first-order chi connectivity index (χ1) is 4.38. The van der Waals surface area contributed by atoms with E-state index < -0.39 is 0 Å². The summed E-state index contributed by atoms with van der Waals surface area (Å²) >= 11 is 2.34. The van der Waals surface area contributed by atoms with Crippen LogP contribution < -0.4 is 0 Å². The normalized spacial score (nSPS) is 16.1. The van der Waals surface area contributed by atoms with Crippen molar-refractivity contribution >= 4 is 22.9 Å². The third kappa shape index (κ3) is 0.801. The molecule has 0 N–H and O–H groups in total. The van der Waals surface area contributed by atoms with E-state index in [9.17, 15) is 0 Å². The van der Waals surface area contributed by atoms with Gasteiger partial charge in [0.25, 0.3) is 0 Å². The Balaban J connectivity index is 2.56. The highest BCUT2D eigenvalue weighted by Crippen LogP contribution is 2.23. The largest absolute Gasteiger partial charge is 0.294 e. The maximum atomic E-state index is 2.34. The zero-order valence-electron chi connectivity index (χ0n) is 5.10. The molecule has 0 atom stereocenters. The van der Waals surface area contributed by atoms with Gasteiger partial charge < -0.3 is 0 Å². The minimum Gasteiger partial charge on any atom is -0.294 e. The molecule has 0 radical (unpaired) electrons. The standard InChI is InChI=1S/C7H8IN/c8-9-5-4-6-2-1-3-7(6)9/h4-5H,1-3H2. The monoisotopic (exact) mass is 233 g/mol. The fraction of sp³-hybridized carbons (Fsp3) is 0.429. The average molecular weight is 233 g/mol. The van der Waals surface area contributed by atoms with Gasteiger partial charge in [-0.05, 0) is 30.9 Å². The summed E-state index contributed by atoms with van der Waals surface area (Å²) in [5.74, 6) is 0. The Morgan fingerprint density at radius 3 is 3.11 bits per heavy atom. The summed E-state index contributed by atoms with van der Waals surface area (Å²) in [5, 5.41) is 0. The van der Waals surface area contributed by atoms with Gasteiger partial charge in [0.1, 0.15) is 0 Å². The molecule has 48 valence electrons. The molecule has 1 aromatic rings. The molecule has 1 aliphatic carbocycles. The van der Waals surface area contributed by atoms with Crippen LogP contribution in [0, 0.1) is 0 Å². The Bertz CT molecular complexity index is 227. The fourth-order valence-corrected chi connectivity index (χ4v) is 2.13. The minimum atomic E-state index is 1.28. The summed E-state index contributed by atoms with van der Waals surface area (Å²) in [7, 11) is 0. The van der Waals surface area contributed by atoms with E-state index in [4.69, 9.17) is 0 Å². The zero-order chi connectivity index (χ0) is 6.27. The van der Waals surface area contributed by atoms with Crippen molar-refractivity contribution in [1.29, 1.82) is 0 Å². The maximum Gasteiger partial charge on any atom is 0.0637 e. The Kier molecular flexibility index (Phi) is 1.29. The molecule has 1 aromatic heterocycles. The molecular formula is C7H8IN. The van der Waals surface area contributed by atoms with Gasteiger partial charge in [0.2, 0.25) is 0 Å². The highest BCUT2D eigenvalue weighted by atomic mass is 127. The van der Waals surface area contributed by atoms with E-state index >= 15 is 0 Å². The van der Waals surface area contributed by atoms with Crippen LogP contribution in [-0.2, 0) is 12.8 Å². The van der Waals surface area contributed by atoms with E-state index in [1.807, 2.05) is 0 Å². The van der Waals surface area contributed by atoms with E-state index in [0.717, 1.165) is 0 Å². The molecule has 0 aromatic carbocycles. The van der Waals surface area contributed by atoms with Gasteiger partial charge in [0, 0.05) is 11.9 Å². The Morgan fingerprint density at radius 1 is 1.44 bits per heavy atom. The van der Waals surface area contributed by atoms with Crippen LogP contribution in [0.5, 0.6) is 0 Å². The molecule has 0 aliphatic heterocycles. The van der Waals surface area contributed by atoms with Crippen LogP contribution in [0.4, 0.5) is 0 Å².